The summed E-state index contributed by atoms with van der Waals surface area (Å²) in [5.41, 5.74) is 0.0346. The molecular formula is C11H13Cl3N2O3. The van der Waals surface area contributed by atoms with Gasteiger partial charge in [-0.1, -0.05) is 34.8 Å². The van der Waals surface area contributed by atoms with Gasteiger partial charge < -0.3 is 15.2 Å². The van der Waals surface area contributed by atoms with Gasteiger partial charge >= 0.3 is 0 Å². The van der Waals surface area contributed by atoms with E-state index in [0.717, 1.165) is 0 Å². The summed E-state index contributed by atoms with van der Waals surface area (Å²) in [6.07, 6.45) is 1.89. The van der Waals surface area contributed by atoms with Gasteiger partial charge in [0.15, 0.2) is 0 Å². The van der Waals surface area contributed by atoms with E-state index in [0.29, 0.717) is 19.6 Å². The summed E-state index contributed by atoms with van der Waals surface area (Å²) in [4.78, 5) is 15.6. The maximum atomic E-state index is 11.8. The van der Waals surface area contributed by atoms with Crippen molar-refractivity contribution in [2.45, 2.75) is 6.42 Å². The summed E-state index contributed by atoms with van der Waals surface area (Å²) >= 11 is 17.4. The van der Waals surface area contributed by atoms with Crippen molar-refractivity contribution in [3.63, 3.8) is 0 Å². The SMILES string of the molecule is O=C(NCCCOCCO)c1ncc(Cl)c(Cl)c1Cl. The van der Waals surface area contributed by atoms with Crippen molar-refractivity contribution < 1.29 is 14.6 Å². The lowest BCUT2D eigenvalue weighted by Crippen LogP contribution is -2.26. The number of carbonyl (C=O) groups excluding carboxylic acids is 1. The Morgan fingerprint density at radius 2 is 2.05 bits per heavy atom. The Kier molecular flexibility index (Phi) is 7.41. The molecule has 1 aromatic rings. The molecular weight excluding hydrogens is 314 g/mol. The number of hydrogen-bond acceptors (Lipinski definition) is 4. The molecule has 0 unspecified atom stereocenters. The predicted octanol–water partition coefficient (Wildman–Crippen LogP) is 2.17. The van der Waals surface area contributed by atoms with Crippen LogP contribution in [0.4, 0.5) is 0 Å². The zero-order valence-corrected chi connectivity index (χ0v) is 12.2. The minimum Gasteiger partial charge on any atom is -0.394 e. The molecule has 0 aliphatic rings. The van der Waals surface area contributed by atoms with Gasteiger partial charge in [-0.25, -0.2) is 4.98 Å². The third-order valence-corrected chi connectivity index (χ3v) is 3.36. The van der Waals surface area contributed by atoms with Gasteiger partial charge in [0, 0.05) is 19.3 Å². The number of aliphatic hydroxyl groups is 1. The van der Waals surface area contributed by atoms with Crippen LogP contribution in [0.15, 0.2) is 6.20 Å². The quantitative estimate of drug-likeness (QED) is 0.753. The molecule has 0 aliphatic heterocycles. The van der Waals surface area contributed by atoms with Gasteiger partial charge in [0.05, 0.1) is 28.3 Å². The molecule has 1 amide bonds. The Morgan fingerprint density at radius 3 is 2.74 bits per heavy atom. The van der Waals surface area contributed by atoms with Crippen molar-refractivity contribution in [1.29, 1.82) is 0 Å². The molecule has 1 heterocycles. The highest BCUT2D eigenvalue weighted by atomic mass is 35.5. The van der Waals surface area contributed by atoms with Gasteiger partial charge in [0.1, 0.15) is 5.69 Å². The Labute approximate surface area is 125 Å². The van der Waals surface area contributed by atoms with Gasteiger partial charge in [0.2, 0.25) is 0 Å². The summed E-state index contributed by atoms with van der Waals surface area (Å²) in [5, 5.41) is 11.5. The molecule has 1 aromatic heterocycles. The fraction of sp³-hybridized carbons (Fsp3) is 0.455. The normalized spacial score (nSPS) is 10.5. The average Bonchev–Trinajstić information content (AvgIpc) is 2.40. The number of aliphatic hydroxyl groups excluding tert-OH is 1. The molecule has 0 aromatic carbocycles. The molecule has 0 saturated heterocycles. The summed E-state index contributed by atoms with van der Waals surface area (Å²) < 4.78 is 5.05. The summed E-state index contributed by atoms with van der Waals surface area (Å²) in [6.45, 7) is 1.12. The van der Waals surface area contributed by atoms with Crippen LogP contribution in [-0.4, -0.2) is 42.4 Å². The number of pyridine rings is 1. The van der Waals surface area contributed by atoms with Crippen molar-refractivity contribution in [1.82, 2.24) is 10.3 Å². The largest absolute Gasteiger partial charge is 0.394 e. The Bertz CT molecular complexity index is 443. The number of rotatable bonds is 7. The van der Waals surface area contributed by atoms with Crippen LogP contribution in [0, 0.1) is 0 Å². The first-order chi connectivity index (χ1) is 9.07. The van der Waals surface area contributed by atoms with E-state index in [1.54, 1.807) is 0 Å². The van der Waals surface area contributed by atoms with Crippen LogP contribution in [0.2, 0.25) is 15.1 Å². The molecule has 1 rings (SSSR count). The van der Waals surface area contributed by atoms with E-state index in [9.17, 15) is 4.79 Å². The molecule has 0 fully saturated rings. The fourth-order valence-electron chi connectivity index (χ4n) is 1.23. The Hall–Kier alpha value is -0.590. The lowest BCUT2D eigenvalue weighted by Gasteiger charge is -2.07. The van der Waals surface area contributed by atoms with Crippen molar-refractivity contribution in [2.75, 3.05) is 26.4 Å². The molecule has 19 heavy (non-hydrogen) atoms. The van der Waals surface area contributed by atoms with Crippen LogP contribution in [0.1, 0.15) is 16.9 Å². The van der Waals surface area contributed by atoms with Crippen molar-refractivity contribution in [3.8, 4) is 0 Å². The van der Waals surface area contributed by atoms with Crippen LogP contribution in [0.5, 0.6) is 0 Å². The van der Waals surface area contributed by atoms with E-state index < -0.39 is 5.91 Å². The lowest BCUT2D eigenvalue weighted by molar-refractivity contribution is 0.0866. The van der Waals surface area contributed by atoms with E-state index in [-0.39, 0.29) is 34.0 Å². The second-order valence-electron chi connectivity index (χ2n) is 3.53. The second kappa shape index (κ2) is 8.55. The van der Waals surface area contributed by atoms with Crippen LogP contribution < -0.4 is 5.32 Å². The zero-order chi connectivity index (χ0) is 14.3. The van der Waals surface area contributed by atoms with Gasteiger partial charge in [-0.2, -0.15) is 0 Å². The monoisotopic (exact) mass is 326 g/mol. The number of amides is 1. The van der Waals surface area contributed by atoms with Gasteiger partial charge in [-0.05, 0) is 6.42 Å². The lowest BCUT2D eigenvalue weighted by atomic mass is 10.3. The molecule has 0 radical (unpaired) electrons. The van der Waals surface area contributed by atoms with E-state index >= 15 is 0 Å². The molecule has 2 N–H and O–H groups in total. The van der Waals surface area contributed by atoms with Gasteiger partial charge in [-0.15, -0.1) is 0 Å². The maximum absolute atomic E-state index is 11.8. The van der Waals surface area contributed by atoms with Gasteiger partial charge in [0.25, 0.3) is 5.91 Å². The summed E-state index contributed by atoms with van der Waals surface area (Å²) in [6, 6.07) is 0. The molecule has 8 heteroatoms. The minimum atomic E-state index is -0.425. The first kappa shape index (κ1) is 16.5. The topological polar surface area (TPSA) is 71.5 Å². The minimum absolute atomic E-state index is 0.0187. The smallest absolute Gasteiger partial charge is 0.271 e. The third kappa shape index (κ3) is 5.12. The van der Waals surface area contributed by atoms with Crippen LogP contribution in [0.25, 0.3) is 0 Å². The number of ether oxygens (including phenoxy) is 1. The zero-order valence-electron chi connectivity index (χ0n) is 9.96. The molecule has 0 bridgehead atoms. The highest BCUT2D eigenvalue weighted by Gasteiger charge is 2.16. The number of halogens is 3. The molecule has 0 aliphatic carbocycles. The van der Waals surface area contributed by atoms with Crippen molar-refractivity contribution in [2.24, 2.45) is 0 Å². The van der Waals surface area contributed by atoms with E-state index in [4.69, 9.17) is 44.6 Å². The molecule has 0 spiro atoms. The highest BCUT2D eigenvalue weighted by molar-refractivity contribution is 6.48. The number of nitrogens with one attached hydrogen (secondary N) is 1. The molecule has 0 saturated carbocycles. The van der Waals surface area contributed by atoms with Crippen LogP contribution >= 0.6 is 34.8 Å². The number of aromatic nitrogens is 1. The standard InChI is InChI=1S/C11H13Cl3N2O3/c12-7-6-16-10(9(14)8(7)13)11(18)15-2-1-4-19-5-3-17/h6,17H,1-5H2,(H,15,18). The fourth-order valence-corrected chi connectivity index (χ4v) is 1.79. The Balaban J connectivity index is 2.44. The number of hydrogen-bond donors (Lipinski definition) is 2. The van der Waals surface area contributed by atoms with Crippen molar-refractivity contribution >= 4 is 40.7 Å². The molecule has 5 nitrogen and oxygen atoms in total. The molecule has 0 atom stereocenters. The predicted molar refractivity (Wildman–Crippen MR) is 74.1 cm³/mol. The first-order valence-electron chi connectivity index (χ1n) is 5.54. The van der Waals surface area contributed by atoms with Crippen LogP contribution in [-0.2, 0) is 4.74 Å². The highest BCUT2D eigenvalue weighted by Crippen LogP contribution is 2.30. The van der Waals surface area contributed by atoms with E-state index in [2.05, 4.69) is 10.3 Å². The summed E-state index contributed by atoms with van der Waals surface area (Å²) in [7, 11) is 0. The number of carbonyl (C=O) groups is 1. The maximum Gasteiger partial charge on any atom is 0.271 e. The van der Waals surface area contributed by atoms with E-state index in [1.807, 2.05) is 0 Å². The number of nitrogens with zero attached hydrogens (tertiary/aromatic N) is 1. The van der Waals surface area contributed by atoms with Crippen LogP contribution in [0.3, 0.4) is 0 Å². The summed E-state index contributed by atoms with van der Waals surface area (Å²) in [5.74, 6) is -0.425. The van der Waals surface area contributed by atoms with E-state index in [1.165, 1.54) is 6.20 Å². The first-order valence-corrected chi connectivity index (χ1v) is 6.67. The average molecular weight is 328 g/mol. The van der Waals surface area contributed by atoms with Crippen molar-refractivity contribution in [3.05, 3.63) is 27.0 Å². The second-order valence-corrected chi connectivity index (χ2v) is 4.69. The Morgan fingerprint density at radius 1 is 1.32 bits per heavy atom. The third-order valence-electron chi connectivity index (χ3n) is 2.12. The van der Waals surface area contributed by atoms with Gasteiger partial charge in [-0.3, -0.25) is 4.79 Å². The molecule has 106 valence electrons.